The second-order valence-electron chi connectivity index (χ2n) is 5.32. The van der Waals surface area contributed by atoms with Crippen molar-refractivity contribution in [3.8, 4) is 0 Å². The average molecular weight is 280 g/mol. The lowest BCUT2D eigenvalue weighted by Gasteiger charge is -2.09. The van der Waals surface area contributed by atoms with Crippen molar-refractivity contribution in [1.82, 2.24) is 0 Å². The Morgan fingerprint density at radius 3 is 2.71 bits per heavy atom. The number of methoxy groups -OCH3 is 1. The molecule has 110 valence electrons. The molecule has 1 aliphatic carbocycles. The van der Waals surface area contributed by atoms with Gasteiger partial charge in [-0.3, -0.25) is 0 Å². The van der Waals surface area contributed by atoms with Gasteiger partial charge in [0.2, 0.25) is 0 Å². The van der Waals surface area contributed by atoms with Crippen LogP contribution in [0.1, 0.15) is 31.7 Å². The Morgan fingerprint density at radius 1 is 1.29 bits per heavy atom. The van der Waals surface area contributed by atoms with Crippen molar-refractivity contribution in [3.63, 3.8) is 0 Å². The Morgan fingerprint density at radius 2 is 2.05 bits per heavy atom. The van der Waals surface area contributed by atoms with Gasteiger partial charge in [-0.1, -0.05) is 62.1 Å². The molecule has 1 aromatic carbocycles. The van der Waals surface area contributed by atoms with Crippen molar-refractivity contribution in [2.75, 3.05) is 7.11 Å². The van der Waals surface area contributed by atoms with Gasteiger partial charge in [0.25, 0.3) is 0 Å². The SMILES string of the molecule is C=C(C=CC(=CCC)C1C=C(c2ccccc2)CC1)OC. The minimum absolute atomic E-state index is 0.501. The number of ether oxygens (including phenoxy) is 1. The van der Waals surface area contributed by atoms with Gasteiger partial charge in [-0.15, -0.1) is 0 Å². The first-order valence-corrected chi connectivity index (χ1v) is 7.61. The zero-order valence-electron chi connectivity index (χ0n) is 13.0. The van der Waals surface area contributed by atoms with Crippen LogP contribution in [0.3, 0.4) is 0 Å². The first-order valence-electron chi connectivity index (χ1n) is 7.61. The molecule has 1 aliphatic rings. The molecule has 0 amide bonds. The highest BCUT2D eigenvalue weighted by Gasteiger charge is 2.18. The Bertz CT molecular complexity index is 561. The summed E-state index contributed by atoms with van der Waals surface area (Å²) in [6.45, 7) is 6.02. The summed E-state index contributed by atoms with van der Waals surface area (Å²) in [6, 6.07) is 10.7. The molecule has 1 heteroatoms. The zero-order valence-corrected chi connectivity index (χ0v) is 13.0. The van der Waals surface area contributed by atoms with Crippen molar-refractivity contribution in [1.29, 1.82) is 0 Å². The maximum atomic E-state index is 5.11. The summed E-state index contributed by atoms with van der Waals surface area (Å²) in [5, 5.41) is 0. The molecular formula is C20H24O. The highest BCUT2D eigenvalue weighted by Crippen LogP contribution is 2.35. The fourth-order valence-corrected chi connectivity index (χ4v) is 2.71. The van der Waals surface area contributed by atoms with Gasteiger partial charge in [0.15, 0.2) is 0 Å². The molecule has 1 unspecified atom stereocenters. The summed E-state index contributed by atoms with van der Waals surface area (Å²) >= 11 is 0. The van der Waals surface area contributed by atoms with Crippen molar-refractivity contribution < 1.29 is 4.74 Å². The van der Waals surface area contributed by atoms with Crippen LogP contribution in [0, 0.1) is 5.92 Å². The quantitative estimate of drug-likeness (QED) is 0.491. The second-order valence-corrected chi connectivity index (χ2v) is 5.32. The molecule has 0 aromatic heterocycles. The van der Waals surface area contributed by atoms with Crippen molar-refractivity contribution in [2.45, 2.75) is 26.2 Å². The minimum atomic E-state index is 0.501. The molecule has 0 N–H and O–H groups in total. The summed E-state index contributed by atoms with van der Waals surface area (Å²) in [6.07, 6.45) is 12.2. The molecule has 2 rings (SSSR count). The molecular weight excluding hydrogens is 256 g/mol. The smallest absolute Gasteiger partial charge is 0.111 e. The zero-order chi connectivity index (χ0) is 15.1. The third-order valence-electron chi connectivity index (χ3n) is 3.86. The molecule has 0 spiro atoms. The van der Waals surface area contributed by atoms with E-state index in [1.165, 1.54) is 23.1 Å². The van der Waals surface area contributed by atoms with Crippen LogP contribution in [-0.4, -0.2) is 7.11 Å². The molecule has 0 aliphatic heterocycles. The van der Waals surface area contributed by atoms with Crippen molar-refractivity contribution in [3.05, 3.63) is 78.1 Å². The van der Waals surface area contributed by atoms with Gasteiger partial charge < -0.3 is 4.74 Å². The van der Waals surface area contributed by atoms with Gasteiger partial charge >= 0.3 is 0 Å². The first-order chi connectivity index (χ1) is 10.2. The van der Waals surface area contributed by atoms with Gasteiger partial charge in [-0.2, -0.15) is 0 Å². The Labute approximate surface area is 128 Å². The van der Waals surface area contributed by atoms with E-state index >= 15 is 0 Å². The van der Waals surface area contributed by atoms with E-state index < -0.39 is 0 Å². The lowest BCUT2D eigenvalue weighted by atomic mass is 9.97. The van der Waals surface area contributed by atoms with Crippen LogP contribution in [-0.2, 0) is 4.74 Å². The third kappa shape index (κ3) is 4.22. The molecule has 0 radical (unpaired) electrons. The summed E-state index contributed by atoms with van der Waals surface area (Å²) in [4.78, 5) is 0. The summed E-state index contributed by atoms with van der Waals surface area (Å²) in [5.74, 6) is 1.20. The summed E-state index contributed by atoms with van der Waals surface area (Å²) < 4.78 is 5.11. The Hall–Kier alpha value is -2.02. The normalized spacial score (nSPS) is 18.9. The highest BCUT2D eigenvalue weighted by atomic mass is 16.5. The number of hydrogen-bond acceptors (Lipinski definition) is 1. The van der Waals surface area contributed by atoms with E-state index in [4.69, 9.17) is 4.74 Å². The standard InChI is InChI=1S/C20H24O/c1-4-8-17(12-11-16(2)21-3)19-13-14-20(15-19)18-9-6-5-7-10-18/h5-12,15,19H,2,4,13-14H2,1,3H3. The van der Waals surface area contributed by atoms with Gasteiger partial charge in [-0.05, 0) is 42.0 Å². The maximum Gasteiger partial charge on any atom is 0.111 e. The van der Waals surface area contributed by atoms with Crippen LogP contribution in [0.5, 0.6) is 0 Å². The molecule has 0 saturated carbocycles. The van der Waals surface area contributed by atoms with Crippen molar-refractivity contribution >= 4 is 5.57 Å². The Balaban J connectivity index is 2.16. The lowest BCUT2D eigenvalue weighted by molar-refractivity contribution is 0.309. The minimum Gasteiger partial charge on any atom is -0.497 e. The van der Waals surface area contributed by atoms with Crippen LogP contribution in [0.25, 0.3) is 5.57 Å². The van der Waals surface area contributed by atoms with E-state index in [2.05, 4.69) is 62.1 Å². The first kappa shape index (κ1) is 15.4. The van der Waals surface area contributed by atoms with E-state index in [-0.39, 0.29) is 0 Å². The number of hydrogen-bond donors (Lipinski definition) is 0. The van der Waals surface area contributed by atoms with Gasteiger partial charge in [0.1, 0.15) is 5.76 Å². The summed E-state index contributed by atoms with van der Waals surface area (Å²) in [5.41, 5.74) is 4.17. The molecule has 21 heavy (non-hydrogen) atoms. The average Bonchev–Trinajstić information content (AvgIpc) is 3.01. The largest absolute Gasteiger partial charge is 0.497 e. The Kier molecular flexibility index (Phi) is 5.62. The van der Waals surface area contributed by atoms with Crippen LogP contribution in [0.2, 0.25) is 0 Å². The number of rotatable bonds is 6. The van der Waals surface area contributed by atoms with E-state index in [0.29, 0.717) is 11.7 Å². The van der Waals surface area contributed by atoms with E-state index in [1.807, 2.05) is 6.08 Å². The van der Waals surface area contributed by atoms with E-state index in [0.717, 1.165) is 12.8 Å². The second kappa shape index (κ2) is 7.68. The fourth-order valence-electron chi connectivity index (χ4n) is 2.71. The van der Waals surface area contributed by atoms with Gasteiger partial charge in [0, 0.05) is 5.92 Å². The molecule has 0 fully saturated rings. The van der Waals surface area contributed by atoms with Crippen LogP contribution < -0.4 is 0 Å². The predicted molar refractivity (Wildman–Crippen MR) is 90.8 cm³/mol. The number of benzene rings is 1. The maximum absolute atomic E-state index is 5.11. The van der Waals surface area contributed by atoms with Crippen LogP contribution in [0.15, 0.2) is 72.5 Å². The highest BCUT2D eigenvalue weighted by molar-refractivity contribution is 5.68. The van der Waals surface area contributed by atoms with Crippen LogP contribution in [0.4, 0.5) is 0 Å². The van der Waals surface area contributed by atoms with E-state index in [9.17, 15) is 0 Å². The van der Waals surface area contributed by atoms with E-state index in [1.54, 1.807) is 7.11 Å². The van der Waals surface area contributed by atoms with Crippen molar-refractivity contribution in [2.24, 2.45) is 5.92 Å². The fraction of sp³-hybridized carbons (Fsp3) is 0.300. The molecule has 1 aromatic rings. The molecule has 1 atom stereocenters. The molecule has 0 heterocycles. The van der Waals surface area contributed by atoms with Gasteiger partial charge in [-0.25, -0.2) is 0 Å². The molecule has 0 bridgehead atoms. The summed E-state index contributed by atoms with van der Waals surface area (Å²) in [7, 11) is 1.65. The number of allylic oxidation sites excluding steroid dienone is 6. The monoisotopic (exact) mass is 280 g/mol. The molecule has 0 saturated heterocycles. The third-order valence-corrected chi connectivity index (χ3v) is 3.86. The molecule has 1 nitrogen and oxygen atoms in total. The lowest BCUT2D eigenvalue weighted by Crippen LogP contribution is -1.95. The van der Waals surface area contributed by atoms with Gasteiger partial charge in [0.05, 0.1) is 7.11 Å². The predicted octanol–water partition coefficient (Wildman–Crippen LogP) is 5.53. The van der Waals surface area contributed by atoms with Crippen LogP contribution >= 0.6 is 0 Å². The topological polar surface area (TPSA) is 9.23 Å².